The summed E-state index contributed by atoms with van der Waals surface area (Å²) in [6.07, 6.45) is 10.6. The van der Waals surface area contributed by atoms with Crippen LogP contribution in [0.25, 0.3) is 0 Å². The monoisotopic (exact) mass is 634 g/mol. The Labute approximate surface area is 260 Å². The van der Waals surface area contributed by atoms with Gasteiger partial charge in [0, 0.05) is 29.9 Å². The summed E-state index contributed by atoms with van der Waals surface area (Å²) in [4.78, 5) is 37.9. The van der Waals surface area contributed by atoms with Crippen LogP contribution in [0.15, 0.2) is 24.9 Å². The average Bonchev–Trinajstić information content (AvgIpc) is 3.55. The van der Waals surface area contributed by atoms with Gasteiger partial charge in [-0.15, -0.1) is 0 Å². The van der Waals surface area contributed by atoms with Gasteiger partial charge >= 0.3 is 6.03 Å². The van der Waals surface area contributed by atoms with Crippen molar-refractivity contribution in [3.8, 4) is 11.5 Å². The molecule has 3 aliphatic rings. The summed E-state index contributed by atoms with van der Waals surface area (Å²) in [5.74, 6) is 2.14. The minimum atomic E-state index is -0.796. The number of aromatic nitrogens is 2. The highest BCUT2D eigenvalue weighted by atomic mass is 35.5. The number of halogens is 3. The van der Waals surface area contributed by atoms with Gasteiger partial charge in [-0.25, -0.2) is 14.2 Å². The van der Waals surface area contributed by atoms with Crippen LogP contribution in [0.5, 0.6) is 11.5 Å². The van der Waals surface area contributed by atoms with E-state index in [1.165, 1.54) is 61.8 Å². The summed E-state index contributed by atoms with van der Waals surface area (Å²) in [6, 6.07) is 0.733. The average molecular weight is 636 g/mol. The Morgan fingerprint density at radius 1 is 1.12 bits per heavy atom. The number of hydrogen-bond acceptors (Lipinski definition) is 7. The molecule has 0 radical (unpaired) electrons. The Balaban J connectivity index is 1.45. The molecule has 2 aliphatic carbocycles. The predicted octanol–water partition coefficient (Wildman–Crippen LogP) is 6.16. The molecule has 10 nitrogen and oxygen atoms in total. The summed E-state index contributed by atoms with van der Waals surface area (Å²) in [5.41, 5.74) is 0.763. The Morgan fingerprint density at radius 2 is 1.81 bits per heavy atom. The number of amides is 3. The van der Waals surface area contributed by atoms with Crippen molar-refractivity contribution in [1.82, 2.24) is 15.3 Å². The lowest BCUT2D eigenvalue weighted by Gasteiger charge is -2.39. The molecule has 3 unspecified atom stereocenters. The molecular weight excluding hydrogens is 598 g/mol. The van der Waals surface area contributed by atoms with Crippen LogP contribution in [-0.4, -0.2) is 61.4 Å². The Bertz CT molecular complexity index is 1350. The molecule has 232 valence electrons. The smallest absolute Gasteiger partial charge is 0.330 e. The van der Waals surface area contributed by atoms with Crippen molar-refractivity contribution in [2.24, 2.45) is 11.8 Å². The largest absolute Gasteiger partial charge is 0.495 e. The molecule has 2 aromatic rings. The van der Waals surface area contributed by atoms with E-state index in [4.69, 9.17) is 37.7 Å². The van der Waals surface area contributed by atoms with E-state index in [0.29, 0.717) is 29.2 Å². The maximum absolute atomic E-state index is 13.8. The van der Waals surface area contributed by atoms with Crippen molar-refractivity contribution in [3.63, 3.8) is 0 Å². The van der Waals surface area contributed by atoms with E-state index < -0.39 is 12.7 Å². The molecule has 43 heavy (non-hydrogen) atoms. The minimum Gasteiger partial charge on any atom is -0.495 e. The summed E-state index contributed by atoms with van der Waals surface area (Å²) < 4.78 is 24.6. The van der Waals surface area contributed by atoms with E-state index >= 15 is 0 Å². The third kappa shape index (κ3) is 6.33. The molecule has 2 fully saturated rings. The lowest BCUT2D eigenvalue weighted by molar-refractivity contribution is -0.117. The van der Waals surface area contributed by atoms with E-state index in [1.54, 1.807) is 6.20 Å². The first-order chi connectivity index (χ1) is 20.8. The first kappa shape index (κ1) is 31.1. The molecular formula is C30H37Cl2FN6O4. The summed E-state index contributed by atoms with van der Waals surface area (Å²) in [5, 5.41) is 6.74. The van der Waals surface area contributed by atoms with Crippen molar-refractivity contribution < 1.29 is 23.5 Å². The molecule has 3 amide bonds. The predicted molar refractivity (Wildman–Crippen MR) is 165 cm³/mol. The van der Waals surface area contributed by atoms with Crippen LogP contribution in [0.1, 0.15) is 50.5 Å². The zero-order valence-electron chi connectivity index (χ0n) is 24.4. The highest BCUT2D eigenvalue weighted by Crippen LogP contribution is 2.48. The number of nitrogens with zero attached hydrogens (tertiary/aromatic N) is 4. The normalized spacial score (nSPS) is 22.3. The van der Waals surface area contributed by atoms with E-state index in [0.717, 1.165) is 19.3 Å². The molecule has 1 aromatic heterocycles. The summed E-state index contributed by atoms with van der Waals surface area (Å²) in [7, 11) is 2.89. The molecule has 3 atom stereocenters. The minimum absolute atomic E-state index is 0.0399. The molecule has 2 saturated carbocycles. The fraction of sp³-hybridized carbons (Fsp3) is 0.533. The van der Waals surface area contributed by atoms with Crippen LogP contribution in [0, 0.1) is 11.8 Å². The Kier molecular flexibility index (Phi) is 9.81. The molecule has 2 N–H and O–H groups in total. The summed E-state index contributed by atoms with van der Waals surface area (Å²) in [6.45, 7) is 2.60. The number of urea groups is 1. The lowest BCUT2D eigenvalue weighted by atomic mass is 9.75. The van der Waals surface area contributed by atoms with Gasteiger partial charge in [-0.05, 0) is 37.2 Å². The molecule has 1 aromatic carbocycles. The second kappa shape index (κ2) is 13.5. The number of carbonyl (C=O) groups is 2. The maximum atomic E-state index is 13.8. The van der Waals surface area contributed by atoms with E-state index in [9.17, 15) is 14.0 Å². The second-order valence-electron chi connectivity index (χ2n) is 11.2. The highest BCUT2D eigenvalue weighted by molar-refractivity contribution is 6.42. The van der Waals surface area contributed by atoms with Gasteiger partial charge in [-0.2, -0.15) is 4.98 Å². The van der Waals surface area contributed by atoms with Gasteiger partial charge in [0.1, 0.15) is 34.0 Å². The number of anilines is 3. The molecule has 0 bridgehead atoms. The van der Waals surface area contributed by atoms with Crippen LogP contribution < -0.4 is 29.9 Å². The molecule has 0 saturated heterocycles. The quantitative estimate of drug-likeness (QED) is 0.301. The van der Waals surface area contributed by atoms with Crippen molar-refractivity contribution in [2.45, 2.75) is 63.6 Å². The highest BCUT2D eigenvalue weighted by Gasteiger charge is 2.38. The lowest BCUT2D eigenvalue weighted by Crippen LogP contribution is -2.51. The van der Waals surface area contributed by atoms with Crippen LogP contribution in [-0.2, 0) is 11.3 Å². The molecule has 2 heterocycles. The zero-order valence-corrected chi connectivity index (χ0v) is 25.9. The number of benzene rings is 1. The van der Waals surface area contributed by atoms with Crippen LogP contribution in [0.2, 0.25) is 10.0 Å². The molecule has 5 rings (SSSR count). The van der Waals surface area contributed by atoms with Crippen LogP contribution in [0.4, 0.5) is 26.6 Å². The fourth-order valence-corrected chi connectivity index (χ4v) is 7.36. The van der Waals surface area contributed by atoms with Gasteiger partial charge in [0.05, 0.1) is 33.0 Å². The fourth-order valence-electron chi connectivity index (χ4n) is 6.66. The number of ether oxygens (including phenoxy) is 2. The van der Waals surface area contributed by atoms with Gasteiger partial charge in [-0.3, -0.25) is 14.6 Å². The first-order valence-corrected chi connectivity index (χ1v) is 15.4. The van der Waals surface area contributed by atoms with Gasteiger partial charge in [0.15, 0.2) is 0 Å². The number of hydrogen-bond donors (Lipinski definition) is 2. The SMILES string of the molecule is C=CC(=O)NC1CCC(C2CCCC2)CC1Nc1ncc2c(n1)N(CCF)C(=O)N(c1c(Cl)c(OC)cc(OC)c1Cl)C2. The maximum Gasteiger partial charge on any atom is 0.330 e. The van der Waals surface area contributed by atoms with Gasteiger partial charge in [0.25, 0.3) is 0 Å². The van der Waals surface area contributed by atoms with Gasteiger partial charge < -0.3 is 20.1 Å². The number of carbonyl (C=O) groups excluding carboxylic acids is 2. The van der Waals surface area contributed by atoms with E-state index in [2.05, 4.69) is 22.2 Å². The second-order valence-corrected chi connectivity index (χ2v) is 12.0. The molecule has 13 heteroatoms. The van der Waals surface area contributed by atoms with Crippen LogP contribution >= 0.6 is 23.2 Å². The third-order valence-electron chi connectivity index (χ3n) is 8.80. The Morgan fingerprint density at radius 3 is 2.44 bits per heavy atom. The van der Waals surface area contributed by atoms with E-state index in [-0.39, 0.29) is 58.3 Å². The van der Waals surface area contributed by atoms with Crippen molar-refractivity contribution in [3.05, 3.63) is 40.5 Å². The van der Waals surface area contributed by atoms with Gasteiger partial charge in [-0.1, -0.05) is 55.5 Å². The standard InChI is InChI=1S/C30H37Cl2FN6O4/c1-4-24(40)35-20-10-9-18(17-7-5-6-8-17)13-21(20)36-29-34-15-19-16-39(30(41)38(12-11-33)28(19)37-29)27-25(31)22(42-2)14-23(43-3)26(27)32/h4,14-15,17-18,20-21H,1,5-13,16H2,2-3H3,(H,35,40)(H,34,36,37). The van der Waals surface area contributed by atoms with Crippen molar-refractivity contribution in [1.29, 1.82) is 0 Å². The first-order valence-electron chi connectivity index (χ1n) is 14.6. The number of alkyl halides is 1. The number of fused-ring (bicyclic) bond motifs is 1. The van der Waals surface area contributed by atoms with E-state index in [1.807, 2.05) is 0 Å². The van der Waals surface area contributed by atoms with Crippen molar-refractivity contribution >= 4 is 52.6 Å². The van der Waals surface area contributed by atoms with Crippen molar-refractivity contribution in [2.75, 3.05) is 42.6 Å². The molecule has 0 spiro atoms. The molecule has 1 aliphatic heterocycles. The summed E-state index contributed by atoms with van der Waals surface area (Å²) >= 11 is 13.2. The third-order valence-corrected chi connectivity index (χ3v) is 9.53. The number of rotatable bonds is 10. The van der Waals surface area contributed by atoms with Crippen LogP contribution in [0.3, 0.4) is 0 Å². The topological polar surface area (TPSA) is 109 Å². The van der Waals surface area contributed by atoms with Gasteiger partial charge in [0.2, 0.25) is 11.9 Å². The number of nitrogens with one attached hydrogen (secondary N) is 2. The number of methoxy groups -OCH3 is 2. The zero-order chi connectivity index (χ0) is 30.7. The Hall–Kier alpha value is -3.31.